The highest BCUT2D eigenvalue weighted by molar-refractivity contribution is 6.03. The number of rotatable bonds is 7. The lowest BCUT2D eigenvalue weighted by Crippen LogP contribution is -2.32. The molecule has 3 aromatic rings. The maximum absolute atomic E-state index is 12.8. The number of hydrogen-bond donors (Lipinski definition) is 1. The van der Waals surface area contributed by atoms with Gasteiger partial charge in [0, 0.05) is 30.0 Å². The van der Waals surface area contributed by atoms with Crippen molar-refractivity contribution in [1.29, 1.82) is 0 Å². The molecule has 0 saturated carbocycles. The van der Waals surface area contributed by atoms with E-state index in [1.807, 2.05) is 43.3 Å². The van der Waals surface area contributed by atoms with E-state index in [0.29, 0.717) is 29.6 Å². The second kappa shape index (κ2) is 9.19. The summed E-state index contributed by atoms with van der Waals surface area (Å²) < 4.78 is 5.21. The van der Waals surface area contributed by atoms with Gasteiger partial charge in [-0.2, -0.15) is 0 Å². The minimum Gasteiger partial charge on any atom is -0.497 e. The molecule has 0 aliphatic carbocycles. The van der Waals surface area contributed by atoms with Crippen molar-refractivity contribution < 1.29 is 9.53 Å². The maximum atomic E-state index is 12.8. The molecular weight excluding hydrogens is 364 g/mol. The number of carbonyl (C=O) groups is 1. The Labute approximate surface area is 171 Å². The molecule has 0 unspecified atom stereocenters. The van der Waals surface area contributed by atoms with Crippen LogP contribution in [0.4, 0.5) is 11.6 Å². The lowest BCUT2D eigenvalue weighted by atomic mass is 10.2. The van der Waals surface area contributed by atoms with E-state index in [0.717, 1.165) is 11.3 Å². The molecule has 0 spiro atoms. The van der Waals surface area contributed by atoms with Crippen molar-refractivity contribution in [3.05, 3.63) is 77.6 Å². The zero-order chi connectivity index (χ0) is 20.8. The molecule has 3 rings (SSSR count). The predicted molar refractivity (Wildman–Crippen MR) is 115 cm³/mol. The Morgan fingerprint density at radius 1 is 1.07 bits per heavy atom. The average Bonchev–Trinajstić information content (AvgIpc) is 2.72. The van der Waals surface area contributed by atoms with Crippen molar-refractivity contribution in [2.24, 2.45) is 0 Å². The van der Waals surface area contributed by atoms with Crippen LogP contribution in [0, 0.1) is 6.92 Å². The van der Waals surface area contributed by atoms with Crippen molar-refractivity contribution in [2.75, 3.05) is 17.3 Å². The number of methoxy groups -OCH3 is 1. The minimum atomic E-state index is -0.284. The van der Waals surface area contributed by atoms with Crippen molar-refractivity contribution in [1.82, 2.24) is 9.97 Å². The molecule has 150 valence electrons. The van der Waals surface area contributed by atoms with Crippen LogP contribution in [0.15, 0.2) is 60.7 Å². The summed E-state index contributed by atoms with van der Waals surface area (Å²) in [7, 11) is 1.59. The average molecular weight is 390 g/mol. The van der Waals surface area contributed by atoms with Gasteiger partial charge in [0.2, 0.25) is 5.95 Å². The molecule has 1 N–H and O–H groups in total. The predicted octanol–water partition coefficient (Wildman–Crippen LogP) is 4.46. The molecule has 1 aromatic heterocycles. The summed E-state index contributed by atoms with van der Waals surface area (Å²) in [6.45, 7) is 6.71. The molecule has 1 amide bonds. The van der Waals surface area contributed by atoms with Crippen LogP contribution in [0.3, 0.4) is 0 Å². The summed E-state index contributed by atoms with van der Waals surface area (Å²) in [5.74, 6) is 0.935. The van der Waals surface area contributed by atoms with E-state index < -0.39 is 0 Å². The number of carbonyl (C=O) groups excluding carboxylic acids is 1. The molecule has 0 fully saturated rings. The number of ether oxygens (including phenoxy) is 1. The number of anilines is 2. The van der Waals surface area contributed by atoms with Crippen molar-refractivity contribution in [3.63, 3.8) is 0 Å². The van der Waals surface area contributed by atoms with Gasteiger partial charge in [0.25, 0.3) is 5.91 Å². The van der Waals surface area contributed by atoms with Crippen molar-refractivity contribution in [2.45, 2.75) is 33.4 Å². The van der Waals surface area contributed by atoms with E-state index >= 15 is 0 Å². The van der Waals surface area contributed by atoms with Gasteiger partial charge in [0.1, 0.15) is 11.4 Å². The van der Waals surface area contributed by atoms with Gasteiger partial charge in [-0.25, -0.2) is 9.97 Å². The summed E-state index contributed by atoms with van der Waals surface area (Å²) >= 11 is 0. The summed E-state index contributed by atoms with van der Waals surface area (Å²) in [6, 6.07) is 19.3. The first kappa shape index (κ1) is 20.3. The SMILES string of the molecule is COc1cccc(NC(=O)c2cc(C)nc(N(Cc3ccccc3)C(C)C)n2)c1. The van der Waals surface area contributed by atoms with E-state index in [9.17, 15) is 4.79 Å². The highest BCUT2D eigenvalue weighted by Crippen LogP contribution is 2.20. The lowest BCUT2D eigenvalue weighted by molar-refractivity contribution is 0.102. The first-order valence-corrected chi connectivity index (χ1v) is 9.58. The molecule has 6 nitrogen and oxygen atoms in total. The third-order valence-electron chi connectivity index (χ3n) is 4.48. The number of hydrogen-bond acceptors (Lipinski definition) is 5. The number of amides is 1. The van der Waals surface area contributed by atoms with Gasteiger partial charge in [-0.1, -0.05) is 36.4 Å². The highest BCUT2D eigenvalue weighted by atomic mass is 16.5. The number of nitrogens with zero attached hydrogens (tertiary/aromatic N) is 3. The Kier molecular flexibility index (Phi) is 6.44. The molecule has 0 bridgehead atoms. The normalized spacial score (nSPS) is 10.7. The molecule has 0 aliphatic heterocycles. The first-order valence-electron chi connectivity index (χ1n) is 9.58. The smallest absolute Gasteiger partial charge is 0.274 e. The zero-order valence-corrected chi connectivity index (χ0v) is 17.2. The van der Waals surface area contributed by atoms with Gasteiger partial charge >= 0.3 is 0 Å². The minimum absolute atomic E-state index is 0.173. The van der Waals surface area contributed by atoms with Gasteiger partial charge < -0.3 is 15.0 Å². The molecule has 29 heavy (non-hydrogen) atoms. The fraction of sp³-hybridized carbons (Fsp3) is 0.261. The fourth-order valence-corrected chi connectivity index (χ4v) is 2.96. The van der Waals surface area contributed by atoms with Crippen LogP contribution in [0.25, 0.3) is 0 Å². The van der Waals surface area contributed by atoms with Crippen LogP contribution in [-0.2, 0) is 6.54 Å². The maximum Gasteiger partial charge on any atom is 0.274 e. The van der Waals surface area contributed by atoms with Gasteiger partial charge in [-0.05, 0) is 44.5 Å². The summed E-state index contributed by atoms with van der Waals surface area (Å²) in [4.78, 5) is 24.0. The van der Waals surface area contributed by atoms with Crippen molar-refractivity contribution >= 4 is 17.5 Å². The Morgan fingerprint density at radius 3 is 2.52 bits per heavy atom. The Hall–Kier alpha value is -3.41. The number of benzene rings is 2. The number of aromatic nitrogens is 2. The van der Waals surface area contributed by atoms with E-state index in [4.69, 9.17) is 4.74 Å². The molecule has 0 radical (unpaired) electrons. The molecule has 0 atom stereocenters. The topological polar surface area (TPSA) is 67.3 Å². The van der Waals surface area contributed by atoms with E-state index in [2.05, 4.69) is 46.2 Å². The first-order chi connectivity index (χ1) is 14.0. The standard InChI is InChI=1S/C23H26N4O2/c1-16(2)27(15-18-9-6-5-7-10-18)23-24-17(3)13-21(26-23)22(28)25-19-11-8-12-20(14-19)29-4/h5-14,16H,15H2,1-4H3,(H,25,28). The molecule has 0 aliphatic rings. The molecule has 2 aromatic carbocycles. The van der Waals surface area contributed by atoms with E-state index in [1.165, 1.54) is 0 Å². The van der Waals surface area contributed by atoms with Crippen LogP contribution in [0.5, 0.6) is 5.75 Å². The molecule has 6 heteroatoms. The summed E-state index contributed by atoms with van der Waals surface area (Å²) in [6.07, 6.45) is 0. The van der Waals surface area contributed by atoms with E-state index in [1.54, 1.807) is 19.2 Å². The third-order valence-corrected chi connectivity index (χ3v) is 4.48. The van der Waals surface area contributed by atoms with Crippen LogP contribution >= 0.6 is 0 Å². The van der Waals surface area contributed by atoms with Crippen LogP contribution in [0.1, 0.15) is 35.6 Å². The van der Waals surface area contributed by atoms with Crippen LogP contribution in [0.2, 0.25) is 0 Å². The third kappa shape index (κ3) is 5.31. The monoisotopic (exact) mass is 390 g/mol. The second-order valence-electron chi connectivity index (χ2n) is 7.09. The molecule has 1 heterocycles. The largest absolute Gasteiger partial charge is 0.497 e. The summed E-state index contributed by atoms with van der Waals surface area (Å²) in [5.41, 5.74) is 2.88. The van der Waals surface area contributed by atoms with E-state index in [-0.39, 0.29) is 11.9 Å². The Morgan fingerprint density at radius 2 is 1.83 bits per heavy atom. The zero-order valence-electron chi connectivity index (χ0n) is 17.2. The highest BCUT2D eigenvalue weighted by Gasteiger charge is 2.18. The van der Waals surface area contributed by atoms with Crippen LogP contribution in [-0.4, -0.2) is 29.0 Å². The van der Waals surface area contributed by atoms with Crippen molar-refractivity contribution in [3.8, 4) is 5.75 Å². The number of aryl methyl sites for hydroxylation is 1. The fourth-order valence-electron chi connectivity index (χ4n) is 2.96. The van der Waals surface area contributed by atoms with Gasteiger partial charge in [0.05, 0.1) is 7.11 Å². The number of nitrogens with one attached hydrogen (secondary N) is 1. The lowest BCUT2D eigenvalue weighted by Gasteiger charge is -2.27. The molecular formula is C23H26N4O2. The quantitative estimate of drug-likeness (QED) is 0.645. The van der Waals surface area contributed by atoms with Crippen LogP contribution < -0.4 is 15.0 Å². The molecule has 0 saturated heterocycles. The Bertz CT molecular complexity index is 974. The van der Waals surface area contributed by atoms with Gasteiger partial charge in [-0.15, -0.1) is 0 Å². The van der Waals surface area contributed by atoms with Gasteiger partial charge in [0.15, 0.2) is 0 Å². The van der Waals surface area contributed by atoms with Gasteiger partial charge in [-0.3, -0.25) is 4.79 Å². The Balaban J connectivity index is 1.86. The second-order valence-corrected chi connectivity index (χ2v) is 7.09. The summed E-state index contributed by atoms with van der Waals surface area (Å²) in [5, 5.41) is 2.88.